The lowest BCUT2D eigenvalue weighted by molar-refractivity contribution is 0.425. The average Bonchev–Trinajstić information content (AvgIpc) is 2.70. The van der Waals surface area contributed by atoms with Gasteiger partial charge in [-0.15, -0.1) is 0 Å². The molecule has 0 atom stereocenters. The molecule has 2 rings (SSSR count). The van der Waals surface area contributed by atoms with Crippen LogP contribution in [-0.4, -0.2) is 22.2 Å². The largest absolute Gasteiger partial charge is 0.490 e. The Kier molecular flexibility index (Phi) is 2.77. The van der Waals surface area contributed by atoms with Crippen molar-refractivity contribution in [3.05, 3.63) is 35.7 Å². The molecule has 0 radical (unpaired) electrons. The summed E-state index contributed by atoms with van der Waals surface area (Å²) in [5, 5.41) is 18.1. The van der Waals surface area contributed by atoms with Crippen molar-refractivity contribution in [2.24, 2.45) is 0 Å². The normalized spacial score (nSPS) is 10.3. The molecule has 0 spiro atoms. The molecule has 0 saturated carbocycles. The predicted molar refractivity (Wildman–Crippen MR) is 56.8 cm³/mol. The van der Waals surface area contributed by atoms with Crippen LogP contribution in [-0.2, 0) is 0 Å². The summed E-state index contributed by atoms with van der Waals surface area (Å²) in [5.74, 6) is 0.541. The lowest BCUT2D eigenvalue weighted by Gasteiger charge is -2.03. The molecule has 0 unspecified atom stereocenters. The fourth-order valence-corrected chi connectivity index (χ4v) is 1.46. The molecule has 15 heavy (non-hydrogen) atoms. The van der Waals surface area contributed by atoms with Crippen LogP contribution in [0.5, 0.6) is 0 Å². The van der Waals surface area contributed by atoms with Crippen molar-refractivity contribution in [3.8, 4) is 11.5 Å². The molecule has 2 heterocycles. The van der Waals surface area contributed by atoms with E-state index in [0.717, 1.165) is 0 Å². The van der Waals surface area contributed by atoms with Crippen LogP contribution < -0.4 is 5.46 Å². The molecule has 4 nitrogen and oxygen atoms in total. The van der Waals surface area contributed by atoms with E-state index in [1.165, 1.54) is 18.5 Å². The number of furan rings is 1. The van der Waals surface area contributed by atoms with Crippen molar-refractivity contribution < 1.29 is 14.5 Å². The van der Waals surface area contributed by atoms with E-state index in [1.54, 1.807) is 12.1 Å². The van der Waals surface area contributed by atoms with Crippen LogP contribution in [0.2, 0.25) is 5.02 Å². The van der Waals surface area contributed by atoms with Crippen molar-refractivity contribution in [2.45, 2.75) is 0 Å². The number of hydrogen-bond donors (Lipinski definition) is 2. The average molecular weight is 223 g/mol. The molecule has 0 aliphatic carbocycles. The number of aromatic nitrogens is 1. The van der Waals surface area contributed by atoms with E-state index in [-0.39, 0.29) is 5.46 Å². The molecular weight excluding hydrogens is 216 g/mol. The van der Waals surface area contributed by atoms with Gasteiger partial charge in [-0.05, 0) is 18.2 Å². The first-order valence-electron chi connectivity index (χ1n) is 4.24. The second-order valence-electron chi connectivity index (χ2n) is 2.95. The van der Waals surface area contributed by atoms with Crippen LogP contribution >= 0.6 is 11.6 Å². The van der Waals surface area contributed by atoms with Crippen molar-refractivity contribution in [1.29, 1.82) is 0 Å². The third-order valence-corrected chi connectivity index (χ3v) is 2.20. The maximum atomic E-state index is 8.90. The van der Waals surface area contributed by atoms with Crippen molar-refractivity contribution in [2.75, 3.05) is 0 Å². The van der Waals surface area contributed by atoms with Crippen LogP contribution in [0.15, 0.2) is 35.1 Å². The van der Waals surface area contributed by atoms with E-state index in [4.69, 9.17) is 26.1 Å². The highest BCUT2D eigenvalue weighted by Crippen LogP contribution is 2.24. The fourth-order valence-electron chi connectivity index (χ4n) is 1.19. The number of hydrogen-bond acceptors (Lipinski definition) is 4. The second-order valence-corrected chi connectivity index (χ2v) is 3.36. The summed E-state index contributed by atoms with van der Waals surface area (Å²) in [6.45, 7) is 0. The summed E-state index contributed by atoms with van der Waals surface area (Å²) < 4.78 is 5.13. The van der Waals surface area contributed by atoms with Gasteiger partial charge in [-0.3, -0.25) is 4.98 Å². The van der Waals surface area contributed by atoms with Crippen molar-refractivity contribution >= 4 is 24.2 Å². The zero-order chi connectivity index (χ0) is 10.8. The summed E-state index contributed by atoms with van der Waals surface area (Å²) in [7, 11) is -1.57. The molecule has 0 amide bonds. The topological polar surface area (TPSA) is 66.5 Å². The summed E-state index contributed by atoms with van der Waals surface area (Å²) >= 11 is 5.92. The van der Waals surface area contributed by atoms with E-state index in [9.17, 15) is 0 Å². The number of nitrogens with zero attached hydrogens (tertiary/aromatic N) is 1. The van der Waals surface area contributed by atoms with Gasteiger partial charge in [0.25, 0.3) is 0 Å². The summed E-state index contributed by atoms with van der Waals surface area (Å²) in [4.78, 5) is 4.00. The highest BCUT2D eigenvalue weighted by Gasteiger charge is 2.15. The van der Waals surface area contributed by atoms with E-state index >= 15 is 0 Å². The third-order valence-electron chi connectivity index (χ3n) is 1.92. The quantitative estimate of drug-likeness (QED) is 0.735. The lowest BCUT2D eigenvalue weighted by Crippen LogP contribution is -2.30. The van der Waals surface area contributed by atoms with E-state index in [0.29, 0.717) is 16.5 Å². The molecule has 2 N–H and O–H groups in total. The van der Waals surface area contributed by atoms with Crippen molar-refractivity contribution in [3.63, 3.8) is 0 Å². The summed E-state index contributed by atoms with van der Waals surface area (Å²) in [6, 6.07) is 4.89. The first kappa shape index (κ1) is 10.2. The summed E-state index contributed by atoms with van der Waals surface area (Å²) in [6.07, 6.45) is 2.86. The first-order valence-corrected chi connectivity index (χ1v) is 4.62. The first-order chi connectivity index (χ1) is 7.18. The highest BCUT2D eigenvalue weighted by molar-refractivity contribution is 6.59. The van der Waals surface area contributed by atoms with Gasteiger partial charge in [-0.2, -0.15) is 0 Å². The van der Waals surface area contributed by atoms with Gasteiger partial charge in [0.05, 0.1) is 11.3 Å². The van der Waals surface area contributed by atoms with Gasteiger partial charge in [0.1, 0.15) is 5.69 Å². The Morgan fingerprint density at radius 3 is 2.73 bits per heavy atom. The second kappa shape index (κ2) is 4.06. The molecule has 2 aromatic heterocycles. The maximum Gasteiger partial charge on any atom is 0.490 e. The number of pyridine rings is 1. The SMILES string of the molecule is OB(O)c1cnc(-c2ccco2)c(Cl)c1. The summed E-state index contributed by atoms with van der Waals surface area (Å²) in [5.41, 5.74) is 0.723. The maximum absolute atomic E-state index is 8.90. The Balaban J connectivity index is 2.44. The van der Waals surface area contributed by atoms with Crippen LogP contribution in [0.4, 0.5) is 0 Å². The van der Waals surface area contributed by atoms with Gasteiger partial charge in [-0.25, -0.2) is 0 Å². The minimum atomic E-state index is -1.57. The molecule has 0 saturated heterocycles. The molecule has 0 aromatic carbocycles. The standard InChI is InChI=1S/C9H7BClNO3/c11-7-4-6(10(13)14)5-12-9(7)8-2-1-3-15-8/h1-5,13-14H. The Morgan fingerprint density at radius 2 is 2.20 bits per heavy atom. The van der Waals surface area contributed by atoms with Crippen molar-refractivity contribution in [1.82, 2.24) is 4.98 Å². The minimum absolute atomic E-state index is 0.246. The van der Waals surface area contributed by atoms with Gasteiger partial charge in [0.2, 0.25) is 0 Å². The van der Waals surface area contributed by atoms with E-state index in [1.807, 2.05) is 0 Å². The molecule has 0 aliphatic heterocycles. The zero-order valence-corrected chi connectivity index (χ0v) is 8.35. The minimum Gasteiger partial charge on any atom is -0.463 e. The molecule has 0 fully saturated rings. The Hall–Kier alpha value is -1.30. The Labute approximate surface area is 91.3 Å². The molecule has 76 valence electrons. The fraction of sp³-hybridized carbons (Fsp3) is 0. The van der Waals surface area contributed by atoms with Crippen LogP contribution in [0.1, 0.15) is 0 Å². The molecular formula is C9H7BClNO3. The van der Waals surface area contributed by atoms with Crippen LogP contribution in [0.25, 0.3) is 11.5 Å². The van der Waals surface area contributed by atoms with Gasteiger partial charge < -0.3 is 14.5 Å². The van der Waals surface area contributed by atoms with Gasteiger partial charge >= 0.3 is 7.12 Å². The molecule has 0 aliphatic rings. The Bertz CT molecular complexity index is 458. The van der Waals surface area contributed by atoms with Gasteiger partial charge in [0.15, 0.2) is 5.76 Å². The lowest BCUT2D eigenvalue weighted by atomic mass is 9.81. The highest BCUT2D eigenvalue weighted by atomic mass is 35.5. The number of halogens is 1. The molecule has 0 bridgehead atoms. The van der Waals surface area contributed by atoms with E-state index < -0.39 is 7.12 Å². The van der Waals surface area contributed by atoms with E-state index in [2.05, 4.69) is 4.98 Å². The zero-order valence-electron chi connectivity index (χ0n) is 7.59. The van der Waals surface area contributed by atoms with Gasteiger partial charge in [0, 0.05) is 11.7 Å². The van der Waals surface area contributed by atoms with Crippen LogP contribution in [0.3, 0.4) is 0 Å². The molecule has 6 heteroatoms. The molecule has 2 aromatic rings. The van der Waals surface area contributed by atoms with Gasteiger partial charge in [-0.1, -0.05) is 11.6 Å². The van der Waals surface area contributed by atoms with Crippen LogP contribution in [0, 0.1) is 0 Å². The predicted octanol–water partition coefficient (Wildman–Crippen LogP) is 0.675. The Morgan fingerprint density at radius 1 is 1.40 bits per heavy atom. The number of rotatable bonds is 2. The smallest absolute Gasteiger partial charge is 0.463 e. The monoisotopic (exact) mass is 223 g/mol. The third kappa shape index (κ3) is 2.04.